The highest BCUT2D eigenvalue weighted by atomic mass is 79.9. The Hall–Kier alpha value is -1.76. The van der Waals surface area contributed by atoms with E-state index in [1.54, 1.807) is 13.0 Å². The van der Waals surface area contributed by atoms with Crippen LogP contribution in [-0.2, 0) is 0 Å². The van der Waals surface area contributed by atoms with Crippen molar-refractivity contribution in [2.45, 2.75) is 26.7 Å². The first kappa shape index (κ1) is 14.6. The first-order chi connectivity index (χ1) is 9.38. The highest BCUT2D eigenvalue weighted by molar-refractivity contribution is 9.10. The van der Waals surface area contributed by atoms with E-state index in [2.05, 4.69) is 36.4 Å². The molecule has 2 N–H and O–H groups in total. The Morgan fingerprint density at radius 1 is 1.45 bits per heavy atom. The van der Waals surface area contributed by atoms with Gasteiger partial charge in [-0.3, -0.25) is 9.89 Å². The van der Waals surface area contributed by atoms with Gasteiger partial charge in [-0.2, -0.15) is 0 Å². The van der Waals surface area contributed by atoms with Crippen LogP contribution in [0.15, 0.2) is 16.6 Å². The lowest BCUT2D eigenvalue weighted by Crippen LogP contribution is -2.15. The van der Waals surface area contributed by atoms with E-state index in [0.29, 0.717) is 16.0 Å². The van der Waals surface area contributed by atoms with Crippen LogP contribution in [0.5, 0.6) is 0 Å². The average molecular weight is 341 g/mol. The van der Waals surface area contributed by atoms with E-state index in [0.717, 1.165) is 5.56 Å². The van der Waals surface area contributed by atoms with Crippen molar-refractivity contribution in [3.63, 3.8) is 0 Å². The lowest BCUT2D eigenvalue weighted by atomic mass is 10.2. The summed E-state index contributed by atoms with van der Waals surface area (Å²) in [7, 11) is 0. The number of benzene rings is 1. The number of aromatic amines is 1. The van der Waals surface area contributed by atoms with Crippen molar-refractivity contribution in [3.8, 4) is 0 Å². The summed E-state index contributed by atoms with van der Waals surface area (Å²) < 4.78 is 13.8. The molecule has 7 heteroatoms. The predicted molar refractivity (Wildman–Crippen MR) is 77.3 cm³/mol. The summed E-state index contributed by atoms with van der Waals surface area (Å²) in [6.45, 7) is 5.66. The number of nitrogens with zero attached hydrogens (tertiary/aromatic N) is 2. The van der Waals surface area contributed by atoms with Crippen LogP contribution >= 0.6 is 15.9 Å². The number of hydrogen-bond donors (Lipinski definition) is 2. The fourth-order valence-electron chi connectivity index (χ4n) is 1.59. The van der Waals surface area contributed by atoms with Crippen molar-refractivity contribution in [3.05, 3.63) is 39.6 Å². The second-order valence-corrected chi connectivity index (χ2v) is 5.59. The lowest BCUT2D eigenvalue weighted by Gasteiger charge is -2.07. The molecule has 106 valence electrons. The molecule has 1 amide bonds. The molecule has 20 heavy (non-hydrogen) atoms. The molecule has 2 rings (SSSR count). The molecular weight excluding hydrogens is 327 g/mol. The van der Waals surface area contributed by atoms with E-state index >= 15 is 0 Å². The second kappa shape index (κ2) is 5.70. The number of nitrogens with one attached hydrogen (secondary N) is 2. The van der Waals surface area contributed by atoms with Crippen molar-refractivity contribution >= 4 is 27.5 Å². The summed E-state index contributed by atoms with van der Waals surface area (Å²) in [4.78, 5) is 16.1. The standard InChI is InChI=1S/C13H14BrFN4O/c1-6(2)11-17-12(19-18-11)13(20)16-10-5-9(15)8(14)4-7(10)3/h4-6H,1-3H3,(H,16,20)(H,17,18,19). The van der Waals surface area contributed by atoms with Gasteiger partial charge in [0.15, 0.2) is 0 Å². The molecule has 0 aliphatic rings. The van der Waals surface area contributed by atoms with Crippen molar-refractivity contribution in [1.29, 1.82) is 0 Å². The Morgan fingerprint density at radius 2 is 2.15 bits per heavy atom. The molecule has 0 atom stereocenters. The lowest BCUT2D eigenvalue weighted by molar-refractivity contribution is 0.101. The summed E-state index contributed by atoms with van der Waals surface area (Å²) in [6, 6.07) is 2.86. The SMILES string of the molecule is Cc1cc(Br)c(F)cc1NC(=O)c1n[nH]c(C(C)C)n1. The van der Waals surface area contributed by atoms with Crippen molar-refractivity contribution in [1.82, 2.24) is 15.2 Å². The molecule has 0 spiro atoms. The van der Waals surface area contributed by atoms with Gasteiger partial charge in [0, 0.05) is 11.6 Å². The molecular formula is C13H14BrFN4O. The third-order valence-electron chi connectivity index (χ3n) is 2.77. The Labute approximate surface area is 124 Å². The number of aryl methyl sites for hydroxylation is 1. The molecule has 1 aromatic carbocycles. The molecule has 0 saturated heterocycles. The summed E-state index contributed by atoms with van der Waals surface area (Å²) >= 11 is 3.09. The average Bonchev–Trinajstić information content (AvgIpc) is 2.85. The van der Waals surface area contributed by atoms with E-state index in [1.165, 1.54) is 6.07 Å². The topological polar surface area (TPSA) is 70.7 Å². The molecule has 2 aromatic rings. The maximum Gasteiger partial charge on any atom is 0.295 e. The zero-order chi connectivity index (χ0) is 14.9. The summed E-state index contributed by atoms with van der Waals surface area (Å²) in [5.41, 5.74) is 1.14. The van der Waals surface area contributed by atoms with E-state index in [-0.39, 0.29) is 11.7 Å². The van der Waals surface area contributed by atoms with E-state index in [4.69, 9.17) is 0 Å². The van der Waals surface area contributed by atoms with Gasteiger partial charge in [-0.25, -0.2) is 9.37 Å². The summed E-state index contributed by atoms with van der Waals surface area (Å²) in [6.07, 6.45) is 0. The third-order valence-corrected chi connectivity index (χ3v) is 3.38. The van der Waals surface area contributed by atoms with Crippen LogP contribution in [0.4, 0.5) is 10.1 Å². The molecule has 0 aliphatic heterocycles. The molecule has 5 nitrogen and oxygen atoms in total. The molecule has 0 bridgehead atoms. The minimum atomic E-state index is -0.474. The highest BCUT2D eigenvalue weighted by Crippen LogP contribution is 2.24. The number of anilines is 1. The van der Waals surface area contributed by atoms with Gasteiger partial charge in [-0.05, 0) is 40.5 Å². The van der Waals surface area contributed by atoms with Gasteiger partial charge in [0.2, 0.25) is 5.82 Å². The molecule has 1 heterocycles. The smallest absolute Gasteiger partial charge is 0.295 e. The zero-order valence-electron chi connectivity index (χ0n) is 11.3. The second-order valence-electron chi connectivity index (χ2n) is 4.73. The van der Waals surface area contributed by atoms with Gasteiger partial charge in [-0.1, -0.05) is 13.8 Å². The third kappa shape index (κ3) is 3.04. The fraction of sp³-hybridized carbons (Fsp3) is 0.308. The van der Waals surface area contributed by atoms with Crippen LogP contribution in [0, 0.1) is 12.7 Å². The number of aromatic nitrogens is 3. The van der Waals surface area contributed by atoms with Gasteiger partial charge < -0.3 is 5.32 Å². The fourth-order valence-corrected chi connectivity index (χ4v) is 2.05. The molecule has 0 saturated carbocycles. The van der Waals surface area contributed by atoms with Crippen LogP contribution < -0.4 is 5.32 Å². The monoisotopic (exact) mass is 340 g/mol. The van der Waals surface area contributed by atoms with Gasteiger partial charge in [-0.15, -0.1) is 5.10 Å². The molecule has 0 fully saturated rings. The zero-order valence-corrected chi connectivity index (χ0v) is 12.9. The molecule has 0 unspecified atom stereocenters. The highest BCUT2D eigenvalue weighted by Gasteiger charge is 2.16. The van der Waals surface area contributed by atoms with E-state index in [1.807, 2.05) is 13.8 Å². The Bertz CT molecular complexity index is 654. The predicted octanol–water partition coefficient (Wildman–Crippen LogP) is 3.39. The minimum absolute atomic E-state index is 0.0384. The largest absolute Gasteiger partial charge is 0.319 e. The van der Waals surface area contributed by atoms with Crippen LogP contribution in [-0.4, -0.2) is 21.1 Å². The van der Waals surface area contributed by atoms with Crippen molar-refractivity contribution < 1.29 is 9.18 Å². The Morgan fingerprint density at radius 3 is 2.75 bits per heavy atom. The molecule has 0 aliphatic carbocycles. The Kier molecular flexibility index (Phi) is 4.17. The van der Waals surface area contributed by atoms with Gasteiger partial charge >= 0.3 is 0 Å². The molecule has 0 radical (unpaired) electrons. The maximum atomic E-state index is 13.5. The quantitative estimate of drug-likeness (QED) is 0.899. The Balaban J connectivity index is 2.21. The normalized spacial score (nSPS) is 10.9. The summed E-state index contributed by atoms with van der Waals surface area (Å²) in [5, 5.41) is 9.16. The van der Waals surface area contributed by atoms with Gasteiger partial charge in [0.05, 0.1) is 4.47 Å². The van der Waals surface area contributed by atoms with E-state index < -0.39 is 11.7 Å². The minimum Gasteiger partial charge on any atom is -0.319 e. The number of amides is 1. The van der Waals surface area contributed by atoms with Crippen molar-refractivity contribution in [2.24, 2.45) is 0 Å². The first-order valence-corrected chi connectivity index (χ1v) is 6.87. The number of carbonyl (C=O) groups excluding carboxylic acids is 1. The van der Waals surface area contributed by atoms with Gasteiger partial charge in [0.1, 0.15) is 11.6 Å². The number of rotatable bonds is 3. The van der Waals surface area contributed by atoms with Crippen molar-refractivity contribution in [2.75, 3.05) is 5.32 Å². The first-order valence-electron chi connectivity index (χ1n) is 6.07. The van der Waals surface area contributed by atoms with Crippen LogP contribution in [0.3, 0.4) is 0 Å². The van der Waals surface area contributed by atoms with Crippen LogP contribution in [0.1, 0.15) is 41.8 Å². The van der Waals surface area contributed by atoms with Crippen LogP contribution in [0.2, 0.25) is 0 Å². The van der Waals surface area contributed by atoms with E-state index in [9.17, 15) is 9.18 Å². The number of carbonyl (C=O) groups is 1. The number of hydrogen-bond acceptors (Lipinski definition) is 3. The maximum absolute atomic E-state index is 13.5. The number of H-pyrrole nitrogens is 1. The summed E-state index contributed by atoms with van der Waals surface area (Å²) in [5.74, 6) is -0.0945. The van der Waals surface area contributed by atoms with Gasteiger partial charge in [0.25, 0.3) is 5.91 Å². The van der Waals surface area contributed by atoms with Crippen LogP contribution in [0.25, 0.3) is 0 Å². The molecule has 1 aromatic heterocycles. The number of halogens is 2.